The van der Waals surface area contributed by atoms with E-state index in [1.807, 2.05) is 0 Å². The van der Waals surface area contributed by atoms with E-state index in [4.69, 9.17) is 5.11 Å². The number of aromatic carboxylic acids is 1. The first-order valence-electron chi connectivity index (χ1n) is 5.48. The van der Waals surface area contributed by atoms with Gasteiger partial charge in [0.15, 0.2) is 0 Å². The van der Waals surface area contributed by atoms with Gasteiger partial charge in [-0.2, -0.15) is 0 Å². The molecule has 0 aromatic carbocycles. The highest BCUT2D eigenvalue weighted by Gasteiger charge is 2.18. The van der Waals surface area contributed by atoms with Gasteiger partial charge in [-0.25, -0.2) is 14.8 Å². The second-order valence-corrected chi connectivity index (χ2v) is 4.24. The predicted octanol–water partition coefficient (Wildman–Crippen LogP) is 1.41. The zero-order chi connectivity index (χ0) is 11.5. The van der Waals surface area contributed by atoms with Crippen LogP contribution < -0.4 is 4.90 Å². The van der Waals surface area contributed by atoms with Crippen LogP contribution in [0, 0.1) is 5.92 Å². The van der Waals surface area contributed by atoms with Crippen LogP contribution in [0.15, 0.2) is 12.3 Å². The Balaban J connectivity index is 2.19. The van der Waals surface area contributed by atoms with Gasteiger partial charge in [-0.1, -0.05) is 6.92 Å². The SMILES string of the molecule is CC1CCCN(c2ccnc(C(=O)O)n2)C1. The first-order valence-corrected chi connectivity index (χ1v) is 5.48. The number of nitrogens with zero attached hydrogens (tertiary/aromatic N) is 3. The fourth-order valence-electron chi connectivity index (χ4n) is 2.03. The van der Waals surface area contributed by atoms with Crippen LogP contribution in [0.4, 0.5) is 5.82 Å². The first-order chi connectivity index (χ1) is 7.66. The highest BCUT2D eigenvalue weighted by Crippen LogP contribution is 2.20. The van der Waals surface area contributed by atoms with Gasteiger partial charge >= 0.3 is 5.97 Å². The second kappa shape index (κ2) is 4.47. The lowest BCUT2D eigenvalue weighted by Crippen LogP contribution is -2.35. The molecule has 1 saturated heterocycles. The van der Waals surface area contributed by atoms with Crippen molar-refractivity contribution in [3.8, 4) is 0 Å². The first kappa shape index (κ1) is 10.9. The number of hydrogen-bond donors (Lipinski definition) is 1. The van der Waals surface area contributed by atoms with Crippen molar-refractivity contribution in [1.82, 2.24) is 9.97 Å². The Morgan fingerprint density at radius 2 is 2.44 bits per heavy atom. The number of hydrogen-bond acceptors (Lipinski definition) is 4. The van der Waals surface area contributed by atoms with E-state index in [9.17, 15) is 4.79 Å². The number of carboxylic acid groups (broad SMARTS) is 1. The molecule has 1 aromatic heterocycles. The highest BCUT2D eigenvalue weighted by molar-refractivity contribution is 5.83. The van der Waals surface area contributed by atoms with Gasteiger partial charge in [-0.15, -0.1) is 0 Å². The number of anilines is 1. The van der Waals surface area contributed by atoms with Crippen LogP contribution >= 0.6 is 0 Å². The summed E-state index contributed by atoms with van der Waals surface area (Å²) in [7, 11) is 0. The minimum absolute atomic E-state index is 0.129. The molecule has 1 aliphatic rings. The van der Waals surface area contributed by atoms with Gasteiger partial charge in [0, 0.05) is 19.3 Å². The normalized spacial score (nSPS) is 20.8. The topological polar surface area (TPSA) is 66.3 Å². The maximum atomic E-state index is 10.8. The van der Waals surface area contributed by atoms with Crippen molar-refractivity contribution in [2.75, 3.05) is 18.0 Å². The summed E-state index contributed by atoms with van der Waals surface area (Å²) in [6, 6.07) is 1.77. The Morgan fingerprint density at radius 3 is 3.12 bits per heavy atom. The zero-order valence-electron chi connectivity index (χ0n) is 9.26. The molecule has 0 amide bonds. The molecule has 1 unspecified atom stereocenters. The van der Waals surface area contributed by atoms with Crippen molar-refractivity contribution in [3.63, 3.8) is 0 Å². The van der Waals surface area contributed by atoms with Crippen LogP contribution in [0.1, 0.15) is 30.4 Å². The molecule has 16 heavy (non-hydrogen) atoms. The Morgan fingerprint density at radius 1 is 1.62 bits per heavy atom. The van der Waals surface area contributed by atoms with Crippen molar-refractivity contribution in [2.45, 2.75) is 19.8 Å². The number of rotatable bonds is 2. The molecule has 1 fully saturated rings. The molecule has 1 atom stereocenters. The van der Waals surface area contributed by atoms with Crippen LogP contribution in [0.3, 0.4) is 0 Å². The number of carbonyl (C=O) groups is 1. The van der Waals surface area contributed by atoms with E-state index in [2.05, 4.69) is 21.8 Å². The van der Waals surface area contributed by atoms with Gasteiger partial charge in [0.05, 0.1) is 0 Å². The lowest BCUT2D eigenvalue weighted by Gasteiger charge is -2.31. The molecular formula is C11H15N3O2. The van der Waals surface area contributed by atoms with Crippen molar-refractivity contribution >= 4 is 11.8 Å². The molecule has 2 heterocycles. The monoisotopic (exact) mass is 221 g/mol. The van der Waals surface area contributed by atoms with Crippen LogP contribution in [0.2, 0.25) is 0 Å². The summed E-state index contributed by atoms with van der Waals surface area (Å²) < 4.78 is 0. The lowest BCUT2D eigenvalue weighted by molar-refractivity contribution is 0.0683. The molecule has 5 nitrogen and oxygen atoms in total. The summed E-state index contributed by atoms with van der Waals surface area (Å²) in [5, 5.41) is 8.82. The van der Waals surface area contributed by atoms with Crippen LogP contribution in [0.25, 0.3) is 0 Å². The van der Waals surface area contributed by atoms with Crippen LogP contribution in [-0.2, 0) is 0 Å². The summed E-state index contributed by atoms with van der Waals surface area (Å²) in [6.07, 6.45) is 3.87. The average Bonchev–Trinajstić information content (AvgIpc) is 2.29. The standard InChI is InChI=1S/C11H15N3O2/c1-8-3-2-6-14(7-8)9-4-5-12-10(13-9)11(15)16/h4-5,8H,2-3,6-7H2,1H3,(H,15,16). The Kier molecular flexibility index (Phi) is 3.03. The molecule has 1 N–H and O–H groups in total. The van der Waals surface area contributed by atoms with Gasteiger partial charge in [-0.3, -0.25) is 0 Å². The van der Waals surface area contributed by atoms with E-state index in [0.29, 0.717) is 5.92 Å². The number of aromatic nitrogens is 2. The largest absolute Gasteiger partial charge is 0.475 e. The van der Waals surface area contributed by atoms with Crippen molar-refractivity contribution < 1.29 is 9.90 Å². The third-order valence-corrected chi connectivity index (χ3v) is 2.81. The quantitative estimate of drug-likeness (QED) is 0.817. The second-order valence-electron chi connectivity index (χ2n) is 4.24. The van der Waals surface area contributed by atoms with Gasteiger partial charge in [-0.05, 0) is 24.8 Å². The van der Waals surface area contributed by atoms with E-state index >= 15 is 0 Å². The van der Waals surface area contributed by atoms with E-state index < -0.39 is 5.97 Å². The smallest absolute Gasteiger partial charge is 0.374 e. The third kappa shape index (κ3) is 2.29. The van der Waals surface area contributed by atoms with Crippen LogP contribution in [0.5, 0.6) is 0 Å². The fourth-order valence-corrected chi connectivity index (χ4v) is 2.03. The molecule has 0 radical (unpaired) electrons. The van der Waals surface area contributed by atoms with Crippen LogP contribution in [-0.4, -0.2) is 34.1 Å². The Labute approximate surface area is 94.1 Å². The molecule has 0 bridgehead atoms. The van der Waals surface area contributed by atoms with Crippen molar-refractivity contribution in [1.29, 1.82) is 0 Å². The number of carboxylic acids is 1. The maximum Gasteiger partial charge on any atom is 0.374 e. The Hall–Kier alpha value is -1.65. The molecule has 0 aliphatic carbocycles. The summed E-state index contributed by atoms with van der Waals surface area (Å²) in [5.41, 5.74) is 0. The zero-order valence-corrected chi connectivity index (χ0v) is 9.26. The summed E-state index contributed by atoms with van der Waals surface area (Å²) in [6.45, 7) is 4.09. The molecule has 5 heteroatoms. The molecular weight excluding hydrogens is 206 g/mol. The molecule has 2 rings (SSSR count). The average molecular weight is 221 g/mol. The maximum absolute atomic E-state index is 10.8. The molecule has 1 aliphatic heterocycles. The van der Waals surface area contributed by atoms with Crippen molar-refractivity contribution in [2.24, 2.45) is 5.92 Å². The minimum Gasteiger partial charge on any atom is -0.475 e. The van der Waals surface area contributed by atoms with E-state index in [0.717, 1.165) is 25.3 Å². The van der Waals surface area contributed by atoms with Crippen molar-refractivity contribution in [3.05, 3.63) is 18.1 Å². The lowest BCUT2D eigenvalue weighted by atomic mass is 10.0. The van der Waals surface area contributed by atoms with Gasteiger partial charge in [0.1, 0.15) is 5.82 Å². The molecule has 1 aromatic rings. The van der Waals surface area contributed by atoms with E-state index in [1.165, 1.54) is 12.6 Å². The summed E-state index contributed by atoms with van der Waals surface area (Å²) in [5.74, 6) is 0.151. The molecule has 0 saturated carbocycles. The van der Waals surface area contributed by atoms with Gasteiger partial charge in [0.25, 0.3) is 0 Å². The van der Waals surface area contributed by atoms with E-state index in [1.54, 1.807) is 6.07 Å². The Bertz CT molecular complexity index is 395. The van der Waals surface area contributed by atoms with Gasteiger partial charge in [0.2, 0.25) is 5.82 Å². The number of piperidine rings is 1. The highest BCUT2D eigenvalue weighted by atomic mass is 16.4. The summed E-state index contributed by atoms with van der Waals surface area (Å²) >= 11 is 0. The fraction of sp³-hybridized carbons (Fsp3) is 0.545. The summed E-state index contributed by atoms with van der Waals surface area (Å²) in [4.78, 5) is 20.6. The molecule has 86 valence electrons. The predicted molar refractivity (Wildman–Crippen MR) is 59.6 cm³/mol. The van der Waals surface area contributed by atoms with E-state index in [-0.39, 0.29) is 5.82 Å². The van der Waals surface area contributed by atoms with Gasteiger partial charge < -0.3 is 10.0 Å². The molecule has 0 spiro atoms. The third-order valence-electron chi connectivity index (χ3n) is 2.81. The minimum atomic E-state index is -1.08.